The molecule has 0 aliphatic carbocycles. The van der Waals surface area contributed by atoms with Gasteiger partial charge in [0.1, 0.15) is 5.76 Å². The Morgan fingerprint density at radius 1 is 1.18 bits per heavy atom. The zero-order valence-corrected chi connectivity index (χ0v) is 19.0. The van der Waals surface area contributed by atoms with Gasteiger partial charge in [-0.05, 0) is 30.7 Å². The second kappa shape index (κ2) is 12.3. The molecule has 1 aromatic heterocycles. The summed E-state index contributed by atoms with van der Waals surface area (Å²) in [6.07, 6.45) is 3.33. The number of carbonyl (C=O) groups excluding carboxylic acids is 3. The van der Waals surface area contributed by atoms with Crippen LogP contribution in [0.15, 0.2) is 40.8 Å². The van der Waals surface area contributed by atoms with Crippen LogP contribution in [0.4, 0.5) is 0 Å². The minimum Gasteiger partial charge on any atom is -0.451 e. The number of unbranched alkanes of at least 4 members (excludes halogenated alkanes) is 2. The van der Waals surface area contributed by atoms with Crippen LogP contribution >= 0.6 is 7.60 Å². The van der Waals surface area contributed by atoms with Gasteiger partial charge < -0.3 is 24.8 Å². The number of rotatable bonds is 13. The van der Waals surface area contributed by atoms with E-state index in [4.69, 9.17) is 4.42 Å². The molecule has 33 heavy (non-hydrogen) atoms. The summed E-state index contributed by atoms with van der Waals surface area (Å²) in [5, 5.41) is 14.7. The molecule has 2 aromatic rings. The van der Waals surface area contributed by atoms with Gasteiger partial charge in [0.25, 0.3) is 5.91 Å². The summed E-state index contributed by atoms with van der Waals surface area (Å²) in [7, 11) is -4.43. The van der Waals surface area contributed by atoms with Gasteiger partial charge in [0.05, 0.1) is 24.4 Å². The number of nitrogens with zero attached hydrogens (tertiary/aromatic N) is 1. The fourth-order valence-electron chi connectivity index (χ4n) is 3.11. The molecule has 0 spiro atoms. The molecule has 0 aliphatic heterocycles. The second-order valence-electron chi connectivity index (χ2n) is 7.40. The van der Waals surface area contributed by atoms with Crippen LogP contribution in [0, 0.1) is 5.92 Å². The van der Waals surface area contributed by atoms with Crippen LogP contribution in [0.1, 0.15) is 43.2 Å². The first-order valence-corrected chi connectivity index (χ1v) is 12.0. The molecule has 0 saturated heterocycles. The molecule has 1 heterocycles. The van der Waals surface area contributed by atoms with Gasteiger partial charge >= 0.3 is 7.60 Å². The number of hydrogen-bond acceptors (Lipinski definition) is 6. The van der Waals surface area contributed by atoms with E-state index in [0.29, 0.717) is 17.0 Å². The Labute approximate surface area is 190 Å². The monoisotopic (exact) mass is 481 g/mol. The lowest BCUT2D eigenvalue weighted by Gasteiger charge is -2.19. The zero-order chi connectivity index (χ0) is 24.4. The van der Waals surface area contributed by atoms with Crippen LogP contribution < -0.4 is 15.9 Å². The summed E-state index contributed by atoms with van der Waals surface area (Å²) in [4.78, 5) is 54.0. The zero-order valence-electron chi connectivity index (χ0n) is 18.1. The Balaban J connectivity index is 1.94. The number of furan rings is 1. The molecule has 0 unspecified atom stereocenters. The lowest BCUT2D eigenvalue weighted by molar-refractivity contribution is -0.154. The minimum atomic E-state index is -4.43. The highest BCUT2D eigenvalue weighted by atomic mass is 31.2. The summed E-state index contributed by atoms with van der Waals surface area (Å²) >= 11 is 0. The van der Waals surface area contributed by atoms with Crippen molar-refractivity contribution in [2.24, 2.45) is 5.92 Å². The van der Waals surface area contributed by atoms with Crippen molar-refractivity contribution in [1.29, 1.82) is 0 Å². The first-order valence-electron chi connectivity index (χ1n) is 10.4. The van der Waals surface area contributed by atoms with E-state index in [2.05, 4.69) is 10.6 Å². The predicted molar refractivity (Wildman–Crippen MR) is 118 cm³/mol. The van der Waals surface area contributed by atoms with Gasteiger partial charge in [0, 0.05) is 5.56 Å². The number of hydroxylamine groups is 2. The highest BCUT2D eigenvalue weighted by molar-refractivity contribution is 7.60. The largest absolute Gasteiger partial charge is 0.451 e. The van der Waals surface area contributed by atoms with Crippen LogP contribution in [-0.4, -0.2) is 51.5 Å². The molecular weight excluding hydrogens is 453 g/mol. The van der Waals surface area contributed by atoms with Crippen LogP contribution in [0.2, 0.25) is 0 Å². The third-order valence-electron chi connectivity index (χ3n) is 4.86. The van der Waals surface area contributed by atoms with Crippen molar-refractivity contribution in [2.75, 3.05) is 13.2 Å². The molecule has 0 aliphatic rings. The molecule has 3 amide bonds. The van der Waals surface area contributed by atoms with Crippen molar-refractivity contribution in [3.8, 4) is 11.3 Å². The van der Waals surface area contributed by atoms with Gasteiger partial charge in [-0.2, -0.15) is 0 Å². The number of benzene rings is 1. The Morgan fingerprint density at radius 3 is 2.61 bits per heavy atom. The van der Waals surface area contributed by atoms with Crippen molar-refractivity contribution >= 4 is 31.1 Å². The highest BCUT2D eigenvalue weighted by Gasteiger charge is 2.21. The summed E-state index contributed by atoms with van der Waals surface area (Å²) in [6.45, 7) is 1.67. The maximum Gasteiger partial charge on any atom is 0.356 e. The van der Waals surface area contributed by atoms with E-state index < -0.39 is 25.3 Å². The average molecular weight is 481 g/mol. The van der Waals surface area contributed by atoms with E-state index in [9.17, 15) is 33.9 Å². The molecule has 11 nitrogen and oxygen atoms in total. The Hall–Kier alpha value is -2.98. The van der Waals surface area contributed by atoms with Gasteiger partial charge in [0.15, 0.2) is 5.76 Å². The molecule has 0 bridgehead atoms. The first kappa shape index (κ1) is 26.3. The third kappa shape index (κ3) is 8.14. The molecule has 12 heteroatoms. The number of carbonyl (C=O) groups is 3. The predicted octanol–water partition coefficient (Wildman–Crippen LogP) is 1.60. The average Bonchev–Trinajstić information content (AvgIpc) is 3.28. The minimum absolute atomic E-state index is 0.0529. The molecule has 180 valence electrons. The summed E-state index contributed by atoms with van der Waals surface area (Å²) < 4.78 is 16.9. The third-order valence-corrected chi connectivity index (χ3v) is 5.82. The fourth-order valence-corrected chi connectivity index (χ4v) is 3.70. The fraction of sp³-hybridized carbons (Fsp3) is 0.381. The van der Waals surface area contributed by atoms with Crippen molar-refractivity contribution in [2.45, 2.75) is 32.6 Å². The normalized spacial score (nSPS) is 12.1. The lowest BCUT2D eigenvalue weighted by atomic mass is 10.0. The van der Waals surface area contributed by atoms with Crippen molar-refractivity contribution in [3.63, 3.8) is 0 Å². The van der Waals surface area contributed by atoms with Crippen molar-refractivity contribution in [3.05, 3.63) is 42.2 Å². The summed E-state index contributed by atoms with van der Waals surface area (Å²) in [5.74, 6) is -1.45. The molecule has 0 fully saturated rings. The van der Waals surface area contributed by atoms with Crippen LogP contribution in [0.5, 0.6) is 0 Å². The molecule has 1 atom stereocenters. The lowest BCUT2D eigenvalue weighted by Crippen LogP contribution is -2.42. The van der Waals surface area contributed by atoms with E-state index in [-0.39, 0.29) is 36.4 Å². The molecule has 1 aromatic carbocycles. The van der Waals surface area contributed by atoms with Gasteiger partial charge in [-0.1, -0.05) is 38.3 Å². The Morgan fingerprint density at radius 2 is 1.94 bits per heavy atom. The quantitative estimate of drug-likeness (QED) is 0.0717. The molecule has 0 saturated carbocycles. The van der Waals surface area contributed by atoms with E-state index in [1.807, 2.05) is 6.92 Å². The number of amides is 3. The smallest absolute Gasteiger partial charge is 0.356 e. The van der Waals surface area contributed by atoms with Crippen molar-refractivity contribution in [1.82, 2.24) is 15.7 Å². The van der Waals surface area contributed by atoms with E-state index in [1.54, 1.807) is 6.07 Å². The molecule has 0 radical (unpaired) electrons. The Bertz CT molecular complexity index is 1000. The van der Waals surface area contributed by atoms with E-state index in [1.165, 1.54) is 30.3 Å². The van der Waals surface area contributed by atoms with Gasteiger partial charge in [0.2, 0.25) is 12.3 Å². The summed E-state index contributed by atoms with van der Waals surface area (Å²) in [5.41, 5.74) is 0.391. The standard InChI is InChI=1S/C21H28N3O8P/c1-2-3-4-6-16(12-24(28)14-25)20(26)22-13-23-21(27)19-10-9-18(32-19)15-7-5-8-17(11-15)33(29,30)31/h5,7-11,14,16,28H,2-4,6,12-13H2,1H3,(H,22,26)(H,23,27)(H2,29,30,31)/t16-/m1/s1. The molecule has 2 rings (SSSR count). The Kier molecular flexibility index (Phi) is 9.80. The van der Waals surface area contributed by atoms with Gasteiger partial charge in [-0.25, -0.2) is 5.06 Å². The van der Waals surface area contributed by atoms with Gasteiger partial charge in [-0.15, -0.1) is 0 Å². The SMILES string of the molecule is CCCCC[C@H](CN(O)C=O)C(=O)NCNC(=O)c1ccc(-c2cccc(P(=O)(O)O)c2)o1. The highest BCUT2D eigenvalue weighted by Crippen LogP contribution is 2.34. The first-order chi connectivity index (χ1) is 15.7. The van der Waals surface area contributed by atoms with Crippen LogP contribution in [0.25, 0.3) is 11.3 Å². The van der Waals surface area contributed by atoms with Gasteiger partial charge in [-0.3, -0.25) is 24.2 Å². The molecular formula is C21H28N3O8P. The summed E-state index contributed by atoms with van der Waals surface area (Å²) in [6, 6.07) is 8.52. The van der Waals surface area contributed by atoms with Crippen LogP contribution in [0.3, 0.4) is 0 Å². The molecule has 5 N–H and O–H groups in total. The maximum absolute atomic E-state index is 12.4. The topological polar surface area (TPSA) is 169 Å². The maximum atomic E-state index is 12.4. The second-order valence-corrected chi connectivity index (χ2v) is 9.01. The van der Waals surface area contributed by atoms with Crippen molar-refractivity contribution < 1.29 is 38.4 Å². The van der Waals surface area contributed by atoms with E-state index >= 15 is 0 Å². The van der Waals surface area contributed by atoms with E-state index in [0.717, 1.165) is 19.3 Å². The van der Waals surface area contributed by atoms with Crippen LogP contribution in [-0.2, 0) is 14.2 Å². The number of hydrogen-bond donors (Lipinski definition) is 5. The number of nitrogens with one attached hydrogen (secondary N) is 2.